The maximum absolute atomic E-state index is 5.53. The topological polar surface area (TPSA) is 18.5 Å². The molecule has 0 spiro atoms. The first-order valence-electron chi connectivity index (χ1n) is 5.30. The first-order valence-corrected chi connectivity index (χ1v) is 5.30. The van der Waals surface area contributed by atoms with Crippen molar-refractivity contribution in [3.8, 4) is 0 Å². The van der Waals surface area contributed by atoms with E-state index >= 15 is 0 Å². The third-order valence-corrected chi connectivity index (χ3v) is 1.75. The fraction of sp³-hybridized carbons (Fsp3) is 0.667. The van der Waals surface area contributed by atoms with Crippen LogP contribution in [0.25, 0.3) is 0 Å². The average Bonchev–Trinajstić information content (AvgIpc) is 2.18. The lowest BCUT2D eigenvalue weighted by Gasteiger charge is -2.15. The number of rotatable bonds is 8. The van der Waals surface area contributed by atoms with Crippen LogP contribution in [0.2, 0.25) is 0 Å². The Labute approximate surface area is 87.6 Å². The third-order valence-electron chi connectivity index (χ3n) is 1.75. The predicted molar refractivity (Wildman–Crippen MR) is 60.2 cm³/mol. The van der Waals surface area contributed by atoms with Crippen LogP contribution in [-0.2, 0) is 9.47 Å². The maximum Gasteiger partial charge on any atom is 0.158 e. The van der Waals surface area contributed by atoms with Crippen LogP contribution in [0.5, 0.6) is 0 Å². The quantitative estimate of drug-likeness (QED) is 0.440. The Morgan fingerprint density at radius 3 is 1.86 bits per heavy atom. The van der Waals surface area contributed by atoms with Crippen molar-refractivity contribution < 1.29 is 9.47 Å². The fourth-order valence-electron chi connectivity index (χ4n) is 0.969. The Balaban J connectivity index is 3.64. The van der Waals surface area contributed by atoms with E-state index in [2.05, 4.69) is 6.92 Å². The molecule has 0 aromatic heterocycles. The largest absolute Gasteiger partial charge is 0.349 e. The van der Waals surface area contributed by atoms with Crippen LogP contribution >= 0.6 is 0 Å². The summed E-state index contributed by atoms with van der Waals surface area (Å²) in [5.74, 6) is 0. The van der Waals surface area contributed by atoms with E-state index in [1.54, 1.807) is 0 Å². The Hall–Kier alpha value is -0.600. The van der Waals surface area contributed by atoms with Crippen LogP contribution < -0.4 is 0 Å². The van der Waals surface area contributed by atoms with Crippen molar-refractivity contribution in [1.29, 1.82) is 0 Å². The van der Waals surface area contributed by atoms with Crippen LogP contribution in [0.1, 0.15) is 33.6 Å². The van der Waals surface area contributed by atoms with Gasteiger partial charge in [-0.3, -0.25) is 0 Å². The van der Waals surface area contributed by atoms with E-state index in [0.29, 0.717) is 13.2 Å². The van der Waals surface area contributed by atoms with Gasteiger partial charge >= 0.3 is 0 Å². The van der Waals surface area contributed by atoms with Gasteiger partial charge in [0.15, 0.2) is 6.29 Å². The molecule has 0 aliphatic rings. The molecule has 0 saturated carbocycles. The van der Waals surface area contributed by atoms with Crippen molar-refractivity contribution in [1.82, 2.24) is 0 Å². The molecule has 0 aromatic carbocycles. The molecular formula is C12H22O2. The molecule has 0 N–H and O–H groups in total. The minimum absolute atomic E-state index is 0.0626. The van der Waals surface area contributed by atoms with Crippen molar-refractivity contribution in [2.75, 3.05) is 13.2 Å². The Bertz CT molecular complexity index is 146. The van der Waals surface area contributed by atoms with Crippen LogP contribution in [0.4, 0.5) is 0 Å². The third kappa shape index (κ3) is 8.02. The standard InChI is InChI=1S/C12H22O2/c1-4-7-10-13-12(9-6-3)14-11-8-5-2/h4-5,7-8,12H,6,9-11H2,1-3H3. The molecule has 0 aliphatic heterocycles. The second-order valence-electron chi connectivity index (χ2n) is 3.02. The van der Waals surface area contributed by atoms with Gasteiger partial charge in [0.05, 0.1) is 13.2 Å². The number of hydrogen-bond donors (Lipinski definition) is 0. The van der Waals surface area contributed by atoms with Crippen LogP contribution in [-0.4, -0.2) is 19.5 Å². The average molecular weight is 198 g/mol. The Morgan fingerprint density at radius 1 is 1.00 bits per heavy atom. The van der Waals surface area contributed by atoms with Crippen molar-refractivity contribution in [3.05, 3.63) is 24.3 Å². The Morgan fingerprint density at radius 2 is 1.50 bits per heavy atom. The van der Waals surface area contributed by atoms with E-state index < -0.39 is 0 Å². The second kappa shape index (κ2) is 10.5. The summed E-state index contributed by atoms with van der Waals surface area (Å²) in [4.78, 5) is 0. The summed E-state index contributed by atoms with van der Waals surface area (Å²) in [5, 5.41) is 0. The number of ether oxygens (including phenoxy) is 2. The molecule has 0 rings (SSSR count). The van der Waals surface area contributed by atoms with E-state index in [4.69, 9.17) is 9.47 Å². The number of allylic oxidation sites excluding steroid dienone is 2. The van der Waals surface area contributed by atoms with Gasteiger partial charge in [0.25, 0.3) is 0 Å². The van der Waals surface area contributed by atoms with Crippen molar-refractivity contribution in [2.45, 2.75) is 39.9 Å². The fourth-order valence-corrected chi connectivity index (χ4v) is 0.969. The minimum atomic E-state index is -0.0626. The first kappa shape index (κ1) is 13.4. The summed E-state index contributed by atoms with van der Waals surface area (Å²) >= 11 is 0. The molecule has 0 unspecified atom stereocenters. The molecule has 0 fully saturated rings. The summed E-state index contributed by atoms with van der Waals surface area (Å²) in [6.45, 7) is 7.37. The summed E-state index contributed by atoms with van der Waals surface area (Å²) in [6, 6.07) is 0. The summed E-state index contributed by atoms with van der Waals surface area (Å²) in [6.07, 6.45) is 9.91. The summed E-state index contributed by atoms with van der Waals surface area (Å²) in [7, 11) is 0. The van der Waals surface area contributed by atoms with Crippen LogP contribution in [0.15, 0.2) is 24.3 Å². The van der Waals surface area contributed by atoms with Gasteiger partial charge in [-0.2, -0.15) is 0 Å². The van der Waals surface area contributed by atoms with E-state index in [-0.39, 0.29) is 6.29 Å². The maximum atomic E-state index is 5.53. The summed E-state index contributed by atoms with van der Waals surface area (Å²) in [5.41, 5.74) is 0. The lowest BCUT2D eigenvalue weighted by molar-refractivity contribution is -0.130. The molecule has 14 heavy (non-hydrogen) atoms. The van der Waals surface area contributed by atoms with Gasteiger partial charge in [0.2, 0.25) is 0 Å². The van der Waals surface area contributed by atoms with Crippen molar-refractivity contribution >= 4 is 0 Å². The zero-order valence-electron chi connectivity index (χ0n) is 9.53. The Kier molecular flexibility index (Phi) is 10.0. The zero-order chi connectivity index (χ0) is 10.6. The molecule has 0 bridgehead atoms. The van der Waals surface area contributed by atoms with Gasteiger partial charge in [-0.05, 0) is 20.3 Å². The molecule has 0 radical (unpaired) electrons. The SMILES string of the molecule is CC=CCOC(CCC)OCC=CC. The molecule has 2 nitrogen and oxygen atoms in total. The molecule has 82 valence electrons. The highest BCUT2D eigenvalue weighted by molar-refractivity contribution is 4.77. The van der Waals surface area contributed by atoms with Crippen molar-refractivity contribution in [2.24, 2.45) is 0 Å². The number of hydrogen-bond acceptors (Lipinski definition) is 2. The molecule has 0 amide bonds. The van der Waals surface area contributed by atoms with Crippen molar-refractivity contribution in [3.63, 3.8) is 0 Å². The van der Waals surface area contributed by atoms with Crippen LogP contribution in [0, 0.1) is 0 Å². The molecule has 0 aromatic rings. The van der Waals surface area contributed by atoms with Crippen LogP contribution in [0.3, 0.4) is 0 Å². The molecule has 0 atom stereocenters. The molecule has 0 heterocycles. The van der Waals surface area contributed by atoms with E-state index in [0.717, 1.165) is 12.8 Å². The molecule has 0 saturated heterocycles. The molecule has 2 heteroatoms. The van der Waals surface area contributed by atoms with Gasteiger partial charge in [0, 0.05) is 0 Å². The highest BCUT2D eigenvalue weighted by Crippen LogP contribution is 2.04. The lowest BCUT2D eigenvalue weighted by Crippen LogP contribution is -2.17. The molecular weight excluding hydrogens is 176 g/mol. The van der Waals surface area contributed by atoms with Gasteiger partial charge in [-0.1, -0.05) is 37.6 Å². The van der Waals surface area contributed by atoms with Gasteiger partial charge < -0.3 is 9.47 Å². The first-order chi connectivity index (χ1) is 6.85. The van der Waals surface area contributed by atoms with Gasteiger partial charge in [-0.15, -0.1) is 0 Å². The van der Waals surface area contributed by atoms with Gasteiger partial charge in [0.1, 0.15) is 0 Å². The molecule has 0 aliphatic carbocycles. The zero-order valence-corrected chi connectivity index (χ0v) is 9.53. The highest BCUT2D eigenvalue weighted by atomic mass is 16.7. The van der Waals surface area contributed by atoms with E-state index in [1.807, 2.05) is 38.2 Å². The normalized spacial score (nSPS) is 14.2. The smallest absolute Gasteiger partial charge is 0.158 e. The lowest BCUT2D eigenvalue weighted by atomic mass is 10.3. The van der Waals surface area contributed by atoms with E-state index in [9.17, 15) is 0 Å². The predicted octanol–water partition coefficient (Wildman–Crippen LogP) is 3.30. The van der Waals surface area contributed by atoms with E-state index in [1.165, 1.54) is 0 Å². The minimum Gasteiger partial charge on any atom is -0.349 e. The second-order valence-corrected chi connectivity index (χ2v) is 3.02. The van der Waals surface area contributed by atoms with Gasteiger partial charge in [-0.25, -0.2) is 0 Å². The summed E-state index contributed by atoms with van der Waals surface area (Å²) < 4.78 is 11.1. The highest BCUT2D eigenvalue weighted by Gasteiger charge is 2.05. The monoisotopic (exact) mass is 198 g/mol.